The first kappa shape index (κ1) is 9.10. The fraction of sp³-hybridized carbons (Fsp3) is 0.667. The second-order valence-corrected chi connectivity index (χ2v) is 2.79. The van der Waals surface area contributed by atoms with Crippen LogP contribution in [0.5, 0.6) is 0 Å². The van der Waals surface area contributed by atoms with Gasteiger partial charge in [-0.3, -0.25) is 4.79 Å². The van der Waals surface area contributed by atoms with Crippen LogP contribution < -0.4 is 5.32 Å². The SMILES string of the molecule is CCC1=C(C(=O)NC)CCCO1. The lowest BCUT2D eigenvalue weighted by molar-refractivity contribution is -0.117. The maximum Gasteiger partial charge on any atom is 0.250 e. The molecule has 3 heteroatoms. The normalized spacial score (nSPS) is 17.2. The molecule has 1 aliphatic rings. The maximum atomic E-state index is 11.3. The predicted molar refractivity (Wildman–Crippen MR) is 46.6 cm³/mol. The zero-order chi connectivity index (χ0) is 8.97. The van der Waals surface area contributed by atoms with Gasteiger partial charge in [-0.05, 0) is 12.8 Å². The van der Waals surface area contributed by atoms with Crippen molar-refractivity contribution in [1.29, 1.82) is 0 Å². The Morgan fingerprint density at radius 2 is 2.42 bits per heavy atom. The van der Waals surface area contributed by atoms with Gasteiger partial charge in [0.25, 0.3) is 0 Å². The molecule has 0 saturated heterocycles. The predicted octanol–water partition coefficient (Wildman–Crippen LogP) is 1.21. The van der Waals surface area contributed by atoms with Gasteiger partial charge >= 0.3 is 0 Å². The molecule has 1 rings (SSSR count). The first-order valence-corrected chi connectivity index (χ1v) is 4.36. The molecule has 0 spiro atoms. The van der Waals surface area contributed by atoms with Gasteiger partial charge in [0.15, 0.2) is 0 Å². The van der Waals surface area contributed by atoms with E-state index in [0.29, 0.717) is 0 Å². The van der Waals surface area contributed by atoms with Crippen molar-refractivity contribution in [1.82, 2.24) is 5.32 Å². The lowest BCUT2D eigenvalue weighted by Crippen LogP contribution is -2.24. The number of amides is 1. The van der Waals surface area contributed by atoms with Crippen molar-refractivity contribution >= 4 is 5.91 Å². The lowest BCUT2D eigenvalue weighted by atomic mass is 10.0. The Labute approximate surface area is 72.8 Å². The van der Waals surface area contributed by atoms with Gasteiger partial charge in [-0.2, -0.15) is 0 Å². The topological polar surface area (TPSA) is 38.3 Å². The third kappa shape index (κ3) is 1.78. The van der Waals surface area contributed by atoms with E-state index in [4.69, 9.17) is 4.74 Å². The minimum absolute atomic E-state index is 0.00606. The molecule has 1 amide bonds. The van der Waals surface area contributed by atoms with Crippen molar-refractivity contribution in [2.24, 2.45) is 0 Å². The van der Waals surface area contributed by atoms with Crippen molar-refractivity contribution in [3.8, 4) is 0 Å². The van der Waals surface area contributed by atoms with Crippen LogP contribution in [0.3, 0.4) is 0 Å². The maximum absolute atomic E-state index is 11.3. The minimum Gasteiger partial charge on any atom is -0.497 e. The molecule has 1 aliphatic heterocycles. The van der Waals surface area contributed by atoms with Gasteiger partial charge in [-0.15, -0.1) is 0 Å². The van der Waals surface area contributed by atoms with Crippen LogP contribution in [-0.4, -0.2) is 19.6 Å². The molecule has 0 unspecified atom stereocenters. The third-order valence-corrected chi connectivity index (χ3v) is 2.01. The smallest absolute Gasteiger partial charge is 0.250 e. The quantitative estimate of drug-likeness (QED) is 0.674. The Kier molecular flexibility index (Phi) is 3.14. The van der Waals surface area contributed by atoms with E-state index >= 15 is 0 Å². The van der Waals surface area contributed by atoms with Gasteiger partial charge in [0.05, 0.1) is 12.2 Å². The van der Waals surface area contributed by atoms with Crippen LogP contribution in [0, 0.1) is 0 Å². The van der Waals surface area contributed by atoms with E-state index in [-0.39, 0.29) is 5.91 Å². The van der Waals surface area contributed by atoms with Crippen LogP contribution in [0.2, 0.25) is 0 Å². The van der Waals surface area contributed by atoms with Crippen molar-refractivity contribution < 1.29 is 9.53 Å². The standard InChI is InChI=1S/C9H15NO2/c1-3-8-7(9(11)10-2)5-4-6-12-8/h3-6H2,1-2H3,(H,10,11). The molecular formula is C9H15NO2. The van der Waals surface area contributed by atoms with Crippen LogP contribution in [0.4, 0.5) is 0 Å². The summed E-state index contributed by atoms with van der Waals surface area (Å²) in [6.07, 6.45) is 2.61. The number of hydrogen-bond donors (Lipinski definition) is 1. The second kappa shape index (κ2) is 4.14. The largest absolute Gasteiger partial charge is 0.497 e. The number of carbonyl (C=O) groups excluding carboxylic acids is 1. The summed E-state index contributed by atoms with van der Waals surface area (Å²) in [7, 11) is 1.65. The summed E-state index contributed by atoms with van der Waals surface area (Å²) in [5.41, 5.74) is 0.825. The molecule has 1 N–H and O–H groups in total. The molecular weight excluding hydrogens is 154 g/mol. The van der Waals surface area contributed by atoms with Crippen molar-refractivity contribution in [2.75, 3.05) is 13.7 Å². The van der Waals surface area contributed by atoms with Crippen LogP contribution in [0.1, 0.15) is 26.2 Å². The van der Waals surface area contributed by atoms with Crippen LogP contribution in [0.25, 0.3) is 0 Å². The van der Waals surface area contributed by atoms with Gasteiger partial charge in [-0.25, -0.2) is 0 Å². The fourth-order valence-corrected chi connectivity index (χ4v) is 1.38. The average molecular weight is 169 g/mol. The van der Waals surface area contributed by atoms with Gasteiger partial charge in [0.2, 0.25) is 5.91 Å². The number of carbonyl (C=O) groups is 1. The Morgan fingerprint density at radius 1 is 1.67 bits per heavy atom. The summed E-state index contributed by atoms with van der Waals surface area (Å²) in [5, 5.41) is 2.62. The first-order chi connectivity index (χ1) is 5.79. The molecule has 68 valence electrons. The van der Waals surface area contributed by atoms with E-state index in [1.54, 1.807) is 7.05 Å². The molecule has 0 atom stereocenters. The average Bonchev–Trinajstić information content (AvgIpc) is 2.16. The van der Waals surface area contributed by atoms with E-state index in [1.165, 1.54) is 0 Å². The highest BCUT2D eigenvalue weighted by molar-refractivity contribution is 5.93. The molecule has 0 saturated carbocycles. The molecule has 1 heterocycles. The molecule has 0 fully saturated rings. The zero-order valence-electron chi connectivity index (χ0n) is 7.64. The Balaban J connectivity index is 2.79. The minimum atomic E-state index is 0.00606. The highest BCUT2D eigenvalue weighted by atomic mass is 16.5. The summed E-state index contributed by atoms with van der Waals surface area (Å²) in [6, 6.07) is 0. The summed E-state index contributed by atoms with van der Waals surface area (Å²) < 4.78 is 5.38. The summed E-state index contributed by atoms with van der Waals surface area (Å²) in [5.74, 6) is 0.868. The number of nitrogens with one attached hydrogen (secondary N) is 1. The van der Waals surface area contributed by atoms with E-state index in [0.717, 1.165) is 37.2 Å². The molecule has 0 aromatic carbocycles. The fourth-order valence-electron chi connectivity index (χ4n) is 1.38. The highest BCUT2D eigenvalue weighted by Gasteiger charge is 2.17. The van der Waals surface area contributed by atoms with Crippen molar-refractivity contribution in [3.63, 3.8) is 0 Å². The third-order valence-electron chi connectivity index (χ3n) is 2.01. The van der Waals surface area contributed by atoms with Gasteiger partial charge in [0, 0.05) is 13.5 Å². The molecule has 0 bridgehead atoms. The van der Waals surface area contributed by atoms with E-state index in [1.807, 2.05) is 6.92 Å². The molecule has 3 nitrogen and oxygen atoms in total. The van der Waals surface area contributed by atoms with Gasteiger partial charge in [0.1, 0.15) is 5.76 Å². The van der Waals surface area contributed by atoms with Crippen LogP contribution in [-0.2, 0) is 9.53 Å². The van der Waals surface area contributed by atoms with E-state index < -0.39 is 0 Å². The summed E-state index contributed by atoms with van der Waals surface area (Å²) in [6.45, 7) is 2.76. The van der Waals surface area contributed by atoms with Crippen LogP contribution in [0.15, 0.2) is 11.3 Å². The number of rotatable bonds is 2. The molecule has 0 aromatic heterocycles. The molecule has 0 radical (unpaired) electrons. The molecule has 0 aromatic rings. The summed E-state index contributed by atoms with van der Waals surface area (Å²) >= 11 is 0. The zero-order valence-corrected chi connectivity index (χ0v) is 7.64. The van der Waals surface area contributed by atoms with Crippen molar-refractivity contribution in [2.45, 2.75) is 26.2 Å². The Hall–Kier alpha value is -0.990. The number of allylic oxidation sites excluding steroid dienone is 1. The Morgan fingerprint density at radius 3 is 3.00 bits per heavy atom. The highest BCUT2D eigenvalue weighted by Crippen LogP contribution is 2.21. The monoisotopic (exact) mass is 169 g/mol. The van der Waals surface area contributed by atoms with Crippen LogP contribution >= 0.6 is 0 Å². The Bertz CT molecular complexity index is 209. The number of ether oxygens (including phenoxy) is 1. The van der Waals surface area contributed by atoms with E-state index in [9.17, 15) is 4.79 Å². The molecule has 12 heavy (non-hydrogen) atoms. The first-order valence-electron chi connectivity index (χ1n) is 4.36. The second-order valence-electron chi connectivity index (χ2n) is 2.79. The number of hydrogen-bond acceptors (Lipinski definition) is 2. The lowest BCUT2D eigenvalue weighted by Gasteiger charge is -2.19. The van der Waals surface area contributed by atoms with Gasteiger partial charge < -0.3 is 10.1 Å². The molecule has 0 aliphatic carbocycles. The van der Waals surface area contributed by atoms with Crippen molar-refractivity contribution in [3.05, 3.63) is 11.3 Å². The number of likely N-dealkylation sites (N-methyl/N-ethyl adjacent to an activating group) is 1. The summed E-state index contributed by atoms with van der Waals surface area (Å²) in [4.78, 5) is 11.3. The van der Waals surface area contributed by atoms with E-state index in [2.05, 4.69) is 5.32 Å². The van der Waals surface area contributed by atoms with Gasteiger partial charge in [-0.1, -0.05) is 6.92 Å².